The van der Waals surface area contributed by atoms with Crippen LogP contribution in [0.5, 0.6) is 11.5 Å². The summed E-state index contributed by atoms with van der Waals surface area (Å²) in [4.78, 5) is 31.7. The molecule has 0 bridgehead atoms. The molecular weight excluding hydrogens is 440 g/mol. The number of nitrogens with zero attached hydrogens (tertiary/aromatic N) is 2. The van der Waals surface area contributed by atoms with Crippen LogP contribution in [0.15, 0.2) is 63.5 Å². The standard InChI is InChI=1S/C25H22N2O5S/c1-4-30-24(29)21-15(3)26-25-27(22(21)17-9-10-18-19(12-17)32-13-31-18)23(28)20(33-25)11-16-7-5-14(2)6-8-16/h5-12,22H,4,13H2,1-3H3/b20-11-/t22-/m0/s1. The van der Waals surface area contributed by atoms with E-state index >= 15 is 0 Å². The largest absolute Gasteiger partial charge is 0.463 e. The molecule has 0 fully saturated rings. The van der Waals surface area contributed by atoms with Gasteiger partial charge in [-0.05, 0) is 50.1 Å². The fourth-order valence-corrected chi connectivity index (χ4v) is 5.05. The van der Waals surface area contributed by atoms with Crippen molar-refractivity contribution in [1.29, 1.82) is 0 Å². The summed E-state index contributed by atoms with van der Waals surface area (Å²) < 4.78 is 18.4. The number of hydrogen-bond acceptors (Lipinski definition) is 7. The summed E-state index contributed by atoms with van der Waals surface area (Å²) in [7, 11) is 0. The zero-order chi connectivity index (χ0) is 23.1. The minimum absolute atomic E-state index is 0.137. The van der Waals surface area contributed by atoms with Gasteiger partial charge >= 0.3 is 5.97 Å². The third-order valence-corrected chi connectivity index (χ3v) is 6.59. The molecule has 2 aromatic carbocycles. The first-order valence-corrected chi connectivity index (χ1v) is 11.4. The highest BCUT2D eigenvalue weighted by Gasteiger charge is 2.34. The Bertz CT molecular complexity index is 1460. The quantitative estimate of drug-likeness (QED) is 0.557. The summed E-state index contributed by atoms with van der Waals surface area (Å²) in [5, 5.41) is 0. The predicted octanol–water partition coefficient (Wildman–Crippen LogP) is 2.84. The number of aromatic nitrogens is 1. The van der Waals surface area contributed by atoms with E-state index in [2.05, 4.69) is 4.99 Å². The fourth-order valence-electron chi connectivity index (χ4n) is 4.00. The highest BCUT2D eigenvalue weighted by Crippen LogP contribution is 2.38. The second-order valence-corrected chi connectivity index (χ2v) is 8.83. The lowest BCUT2D eigenvalue weighted by atomic mass is 9.95. The second kappa shape index (κ2) is 8.37. The third kappa shape index (κ3) is 3.76. The molecule has 2 aliphatic rings. The number of ether oxygens (including phenoxy) is 3. The van der Waals surface area contributed by atoms with E-state index in [4.69, 9.17) is 14.2 Å². The minimum atomic E-state index is -0.685. The monoisotopic (exact) mass is 462 g/mol. The van der Waals surface area contributed by atoms with Gasteiger partial charge in [0.15, 0.2) is 16.3 Å². The van der Waals surface area contributed by atoms with Crippen LogP contribution in [0.2, 0.25) is 0 Å². The Morgan fingerprint density at radius 2 is 1.94 bits per heavy atom. The predicted molar refractivity (Wildman–Crippen MR) is 124 cm³/mol. The molecule has 0 radical (unpaired) electrons. The average molecular weight is 463 g/mol. The van der Waals surface area contributed by atoms with E-state index in [9.17, 15) is 9.59 Å². The number of carbonyl (C=O) groups excluding carboxylic acids is 1. The number of carbonyl (C=O) groups is 1. The van der Waals surface area contributed by atoms with Gasteiger partial charge in [-0.3, -0.25) is 9.36 Å². The van der Waals surface area contributed by atoms with Crippen molar-refractivity contribution in [2.24, 2.45) is 4.99 Å². The highest BCUT2D eigenvalue weighted by atomic mass is 32.1. The topological polar surface area (TPSA) is 79.1 Å². The van der Waals surface area contributed by atoms with Gasteiger partial charge in [0, 0.05) is 0 Å². The molecule has 3 aromatic rings. The zero-order valence-electron chi connectivity index (χ0n) is 18.5. The van der Waals surface area contributed by atoms with E-state index in [0.717, 1.165) is 16.7 Å². The first-order valence-electron chi connectivity index (χ1n) is 10.6. The summed E-state index contributed by atoms with van der Waals surface area (Å²) in [6, 6.07) is 12.7. The second-order valence-electron chi connectivity index (χ2n) is 7.83. The van der Waals surface area contributed by atoms with E-state index in [1.54, 1.807) is 24.5 Å². The molecular formula is C25H22N2O5S. The molecule has 0 amide bonds. The van der Waals surface area contributed by atoms with Gasteiger partial charge in [0.2, 0.25) is 6.79 Å². The molecule has 168 valence electrons. The van der Waals surface area contributed by atoms with E-state index in [-0.39, 0.29) is 19.0 Å². The highest BCUT2D eigenvalue weighted by molar-refractivity contribution is 7.07. The van der Waals surface area contributed by atoms with Crippen molar-refractivity contribution in [2.45, 2.75) is 26.8 Å². The number of aryl methyl sites for hydroxylation is 1. The Hall–Kier alpha value is -3.65. The molecule has 7 nitrogen and oxygen atoms in total. The van der Waals surface area contributed by atoms with Crippen LogP contribution in [0, 0.1) is 6.92 Å². The van der Waals surface area contributed by atoms with Gasteiger partial charge in [0.25, 0.3) is 5.56 Å². The molecule has 0 saturated carbocycles. The molecule has 1 atom stereocenters. The zero-order valence-corrected chi connectivity index (χ0v) is 19.3. The fraction of sp³-hybridized carbons (Fsp3) is 0.240. The number of rotatable bonds is 4. The lowest BCUT2D eigenvalue weighted by Gasteiger charge is -2.24. The molecule has 3 heterocycles. The van der Waals surface area contributed by atoms with Crippen LogP contribution >= 0.6 is 11.3 Å². The number of fused-ring (bicyclic) bond motifs is 2. The van der Waals surface area contributed by atoms with Gasteiger partial charge in [0.1, 0.15) is 0 Å². The Balaban J connectivity index is 1.72. The van der Waals surface area contributed by atoms with E-state index < -0.39 is 12.0 Å². The van der Waals surface area contributed by atoms with Gasteiger partial charge in [0.05, 0.1) is 28.5 Å². The van der Waals surface area contributed by atoms with Crippen LogP contribution in [0.3, 0.4) is 0 Å². The molecule has 0 saturated heterocycles. The molecule has 0 aliphatic carbocycles. The van der Waals surface area contributed by atoms with Gasteiger partial charge < -0.3 is 14.2 Å². The number of hydrogen-bond donors (Lipinski definition) is 0. The maximum Gasteiger partial charge on any atom is 0.338 e. The van der Waals surface area contributed by atoms with Gasteiger partial charge in [-0.2, -0.15) is 0 Å². The molecule has 1 aromatic heterocycles. The van der Waals surface area contributed by atoms with Crippen LogP contribution in [0.25, 0.3) is 6.08 Å². The van der Waals surface area contributed by atoms with E-state index in [1.165, 1.54) is 11.3 Å². The normalized spacial score (nSPS) is 17.1. The smallest absolute Gasteiger partial charge is 0.338 e. The van der Waals surface area contributed by atoms with Crippen molar-refractivity contribution in [3.63, 3.8) is 0 Å². The van der Waals surface area contributed by atoms with E-state index in [0.29, 0.717) is 32.1 Å². The Kier molecular flexibility index (Phi) is 5.38. The van der Waals surface area contributed by atoms with Crippen molar-refractivity contribution in [2.75, 3.05) is 13.4 Å². The summed E-state index contributed by atoms with van der Waals surface area (Å²) in [5.41, 5.74) is 3.44. The van der Waals surface area contributed by atoms with Gasteiger partial charge in [-0.1, -0.05) is 47.2 Å². The molecule has 0 spiro atoms. The molecule has 0 N–H and O–H groups in total. The van der Waals surface area contributed by atoms with Crippen molar-refractivity contribution < 1.29 is 19.0 Å². The summed E-state index contributed by atoms with van der Waals surface area (Å²) in [6.07, 6.45) is 1.85. The lowest BCUT2D eigenvalue weighted by Crippen LogP contribution is -2.39. The van der Waals surface area contributed by atoms with Crippen molar-refractivity contribution in [3.8, 4) is 11.5 Å². The maximum absolute atomic E-state index is 13.6. The van der Waals surface area contributed by atoms with Crippen LogP contribution in [0.4, 0.5) is 0 Å². The van der Waals surface area contributed by atoms with Crippen LogP contribution in [-0.4, -0.2) is 23.9 Å². The Labute approximate surface area is 193 Å². The van der Waals surface area contributed by atoms with Gasteiger partial charge in [-0.15, -0.1) is 0 Å². The SMILES string of the molecule is CCOC(=O)C1=C(C)N=c2s/c(=C\c3ccc(C)cc3)c(=O)n2[C@H]1c1ccc2c(c1)OCO2. The van der Waals surface area contributed by atoms with Gasteiger partial charge in [-0.25, -0.2) is 9.79 Å². The lowest BCUT2D eigenvalue weighted by molar-refractivity contribution is -0.139. The number of allylic oxidation sites excluding steroid dienone is 1. The van der Waals surface area contributed by atoms with E-state index in [1.807, 2.05) is 49.4 Å². The summed E-state index contributed by atoms with van der Waals surface area (Å²) >= 11 is 1.30. The Morgan fingerprint density at radius 1 is 1.18 bits per heavy atom. The van der Waals surface area contributed by atoms with Crippen LogP contribution < -0.4 is 24.4 Å². The number of thiazole rings is 1. The maximum atomic E-state index is 13.6. The van der Waals surface area contributed by atoms with Crippen LogP contribution in [0.1, 0.15) is 36.6 Å². The van der Waals surface area contributed by atoms with Crippen molar-refractivity contribution in [1.82, 2.24) is 4.57 Å². The first kappa shape index (κ1) is 21.2. The number of benzene rings is 2. The summed E-state index contributed by atoms with van der Waals surface area (Å²) in [5.74, 6) is 0.713. The molecule has 0 unspecified atom stereocenters. The molecule has 8 heteroatoms. The first-order chi connectivity index (χ1) is 16.0. The third-order valence-electron chi connectivity index (χ3n) is 5.60. The van der Waals surface area contributed by atoms with Crippen LogP contribution in [-0.2, 0) is 9.53 Å². The van der Waals surface area contributed by atoms with Crippen molar-refractivity contribution in [3.05, 3.63) is 90.1 Å². The minimum Gasteiger partial charge on any atom is -0.463 e. The molecule has 5 rings (SSSR count). The Morgan fingerprint density at radius 3 is 2.70 bits per heavy atom. The summed E-state index contributed by atoms with van der Waals surface area (Å²) in [6.45, 7) is 5.89. The van der Waals surface area contributed by atoms with Crippen molar-refractivity contribution >= 4 is 23.4 Å². The molecule has 2 aliphatic heterocycles. The number of esters is 1. The molecule has 33 heavy (non-hydrogen) atoms. The average Bonchev–Trinajstić information content (AvgIpc) is 3.38.